The number of hydrogen-bond acceptors (Lipinski definition) is 5. The Labute approximate surface area is 146 Å². The van der Waals surface area contributed by atoms with Crippen molar-refractivity contribution in [2.75, 3.05) is 6.79 Å². The summed E-state index contributed by atoms with van der Waals surface area (Å²) >= 11 is 0. The minimum Gasteiger partial charge on any atom is -0.454 e. The monoisotopic (exact) mass is 336 g/mol. The third-order valence-electron chi connectivity index (χ3n) is 4.43. The van der Waals surface area contributed by atoms with Crippen LogP contribution in [0.25, 0.3) is 11.3 Å². The first-order valence-electron chi connectivity index (χ1n) is 8.40. The van der Waals surface area contributed by atoms with Crippen molar-refractivity contribution < 1.29 is 9.47 Å². The molecule has 0 spiro atoms. The molecule has 2 aromatic heterocycles. The molecular formula is C19H20N4O2. The summed E-state index contributed by atoms with van der Waals surface area (Å²) in [5.41, 5.74) is 4.39. The SMILES string of the molecule is CC[C@H](NCc1cn[nH]c1-c1ccc2c(c1)OCO2)c1ccncc1. The summed E-state index contributed by atoms with van der Waals surface area (Å²) in [6.07, 6.45) is 6.53. The second-order valence-corrected chi connectivity index (χ2v) is 5.96. The Morgan fingerprint density at radius 2 is 2.00 bits per heavy atom. The Kier molecular flexibility index (Phi) is 4.35. The Hall–Kier alpha value is -2.86. The highest BCUT2D eigenvalue weighted by Crippen LogP contribution is 2.36. The lowest BCUT2D eigenvalue weighted by molar-refractivity contribution is 0.174. The predicted octanol–water partition coefficient (Wildman–Crippen LogP) is 3.44. The summed E-state index contributed by atoms with van der Waals surface area (Å²) in [4.78, 5) is 4.09. The molecule has 1 aromatic carbocycles. The highest BCUT2D eigenvalue weighted by molar-refractivity contribution is 5.66. The maximum atomic E-state index is 5.47. The molecule has 2 N–H and O–H groups in total. The van der Waals surface area contributed by atoms with Crippen molar-refractivity contribution in [3.05, 3.63) is 60.0 Å². The van der Waals surface area contributed by atoms with E-state index in [2.05, 4.69) is 39.6 Å². The van der Waals surface area contributed by atoms with Crippen LogP contribution >= 0.6 is 0 Å². The molecule has 128 valence electrons. The third-order valence-corrected chi connectivity index (χ3v) is 4.43. The first kappa shape index (κ1) is 15.7. The molecule has 6 nitrogen and oxygen atoms in total. The van der Waals surface area contributed by atoms with Crippen molar-refractivity contribution in [3.63, 3.8) is 0 Å². The average molecular weight is 336 g/mol. The van der Waals surface area contributed by atoms with Crippen molar-refractivity contribution in [2.45, 2.75) is 25.9 Å². The number of fused-ring (bicyclic) bond motifs is 1. The maximum absolute atomic E-state index is 5.47. The first-order valence-corrected chi connectivity index (χ1v) is 8.40. The number of ether oxygens (including phenoxy) is 2. The van der Waals surface area contributed by atoms with Crippen molar-refractivity contribution in [2.24, 2.45) is 0 Å². The zero-order valence-corrected chi connectivity index (χ0v) is 14.0. The van der Waals surface area contributed by atoms with Gasteiger partial charge in [-0.2, -0.15) is 5.10 Å². The summed E-state index contributed by atoms with van der Waals surface area (Å²) in [6, 6.07) is 10.3. The van der Waals surface area contributed by atoms with Crippen molar-refractivity contribution in [1.29, 1.82) is 0 Å². The quantitative estimate of drug-likeness (QED) is 0.721. The number of aromatic amines is 1. The molecule has 3 heterocycles. The molecule has 0 unspecified atom stereocenters. The molecule has 25 heavy (non-hydrogen) atoms. The molecule has 0 amide bonds. The van der Waals surface area contributed by atoms with E-state index in [0.717, 1.165) is 41.3 Å². The van der Waals surface area contributed by atoms with Crippen molar-refractivity contribution >= 4 is 0 Å². The molecule has 0 saturated carbocycles. The van der Waals surface area contributed by atoms with Gasteiger partial charge in [0, 0.05) is 36.1 Å². The predicted molar refractivity (Wildman–Crippen MR) is 94.3 cm³/mol. The van der Waals surface area contributed by atoms with Gasteiger partial charge in [0.2, 0.25) is 6.79 Å². The lowest BCUT2D eigenvalue weighted by Crippen LogP contribution is -2.20. The number of aromatic nitrogens is 3. The van der Waals surface area contributed by atoms with Gasteiger partial charge in [-0.3, -0.25) is 10.1 Å². The molecule has 3 aromatic rings. The van der Waals surface area contributed by atoms with E-state index in [0.29, 0.717) is 0 Å². The van der Waals surface area contributed by atoms with Crippen LogP contribution in [0.5, 0.6) is 11.5 Å². The zero-order valence-electron chi connectivity index (χ0n) is 14.0. The van der Waals surface area contributed by atoms with Gasteiger partial charge in [0.25, 0.3) is 0 Å². The van der Waals surface area contributed by atoms with Crippen molar-refractivity contribution in [1.82, 2.24) is 20.5 Å². The lowest BCUT2D eigenvalue weighted by atomic mass is 10.0. The number of H-pyrrole nitrogens is 1. The molecule has 1 aliphatic heterocycles. The fourth-order valence-corrected chi connectivity index (χ4v) is 3.07. The van der Waals surface area contributed by atoms with Crippen LogP contribution in [0.2, 0.25) is 0 Å². The van der Waals surface area contributed by atoms with Crippen LogP contribution in [0, 0.1) is 0 Å². The summed E-state index contributed by atoms with van der Waals surface area (Å²) in [6.45, 7) is 3.17. The number of benzene rings is 1. The lowest BCUT2D eigenvalue weighted by Gasteiger charge is -2.17. The van der Waals surface area contributed by atoms with Crippen LogP contribution < -0.4 is 14.8 Å². The molecule has 1 aliphatic rings. The van der Waals surface area contributed by atoms with Crippen LogP contribution in [-0.4, -0.2) is 22.0 Å². The van der Waals surface area contributed by atoms with E-state index in [1.165, 1.54) is 5.56 Å². The molecule has 6 heteroatoms. The molecular weight excluding hydrogens is 316 g/mol. The van der Waals surface area contributed by atoms with E-state index in [-0.39, 0.29) is 12.8 Å². The minimum atomic E-state index is 0.278. The van der Waals surface area contributed by atoms with Crippen LogP contribution in [-0.2, 0) is 6.54 Å². The van der Waals surface area contributed by atoms with E-state index < -0.39 is 0 Å². The molecule has 1 atom stereocenters. The van der Waals surface area contributed by atoms with E-state index >= 15 is 0 Å². The maximum Gasteiger partial charge on any atom is 0.231 e. The standard InChI is InChI=1S/C19H20N4O2/c1-2-16(13-5-7-20-8-6-13)21-10-15-11-22-23-19(15)14-3-4-17-18(9-14)25-12-24-17/h3-9,11,16,21H,2,10,12H2,1H3,(H,22,23)/t16-/m0/s1. The Balaban J connectivity index is 1.52. The number of nitrogens with zero attached hydrogens (tertiary/aromatic N) is 2. The first-order chi connectivity index (χ1) is 12.3. The van der Waals surface area contributed by atoms with Gasteiger partial charge in [-0.15, -0.1) is 0 Å². The molecule has 0 aliphatic carbocycles. The van der Waals surface area contributed by atoms with Crippen LogP contribution in [0.1, 0.15) is 30.5 Å². The van der Waals surface area contributed by atoms with Gasteiger partial charge in [-0.25, -0.2) is 0 Å². The van der Waals surface area contributed by atoms with Gasteiger partial charge in [-0.1, -0.05) is 6.92 Å². The fraction of sp³-hybridized carbons (Fsp3) is 0.263. The highest BCUT2D eigenvalue weighted by Gasteiger charge is 2.17. The molecule has 0 saturated heterocycles. The topological polar surface area (TPSA) is 72.1 Å². The fourth-order valence-electron chi connectivity index (χ4n) is 3.07. The summed E-state index contributed by atoms with van der Waals surface area (Å²) < 4.78 is 10.9. The van der Waals surface area contributed by atoms with E-state index in [9.17, 15) is 0 Å². The molecule has 0 bridgehead atoms. The molecule has 0 radical (unpaired) electrons. The number of nitrogens with one attached hydrogen (secondary N) is 2. The summed E-state index contributed by atoms with van der Waals surface area (Å²) in [7, 11) is 0. The second kappa shape index (κ2) is 6.94. The van der Waals surface area contributed by atoms with Gasteiger partial charge in [0.15, 0.2) is 11.5 Å². The van der Waals surface area contributed by atoms with Gasteiger partial charge >= 0.3 is 0 Å². The van der Waals surface area contributed by atoms with Gasteiger partial charge in [0.1, 0.15) is 0 Å². The van der Waals surface area contributed by atoms with Crippen LogP contribution in [0.15, 0.2) is 48.9 Å². The van der Waals surface area contributed by atoms with Crippen LogP contribution in [0.4, 0.5) is 0 Å². The smallest absolute Gasteiger partial charge is 0.231 e. The van der Waals surface area contributed by atoms with Crippen LogP contribution in [0.3, 0.4) is 0 Å². The minimum absolute atomic E-state index is 0.278. The number of pyridine rings is 1. The van der Waals surface area contributed by atoms with E-state index in [1.54, 1.807) is 0 Å². The normalized spacial score (nSPS) is 13.8. The third kappa shape index (κ3) is 3.21. The average Bonchev–Trinajstić information content (AvgIpc) is 3.31. The summed E-state index contributed by atoms with van der Waals surface area (Å²) in [5.74, 6) is 1.56. The summed E-state index contributed by atoms with van der Waals surface area (Å²) in [5, 5.41) is 10.9. The Bertz CT molecular complexity index is 848. The number of hydrogen-bond donors (Lipinski definition) is 2. The largest absolute Gasteiger partial charge is 0.454 e. The number of rotatable bonds is 6. The van der Waals surface area contributed by atoms with E-state index in [1.807, 2.05) is 36.8 Å². The Morgan fingerprint density at radius 1 is 1.16 bits per heavy atom. The zero-order chi connectivity index (χ0) is 17.1. The van der Waals surface area contributed by atoms with Gasteiger partial charge < -0.3 is 14.8 Å². The second-order valence-electron chi connectivity index (χ2n) is 5.96. The van der Waals surface area contributed by atoms with Gasteiger partial charge in [0.05, 0.1) is 11.9 Å². The molecule has 0 fully saturated rings. The van der Waals surface area contributed by atoms with E-state index in [4.69, 9.17) is 9.47 Å². The molecule has 4 rings (SSSR count). The van der Waals surface area contributed by atoms with Gasteiger partial charge in [-0.05, 0) is 42.3 Å². The highest BCUT2D eigenvalue weighted by atomic mass is 16.7. The Morgan fingerprint density at radius 3 is 2.84 bits per heavy atom. The van der Waals surface area contributed by atoms with Crippen molar-refractivity contribution in [3.8, 4) is 22.8 Å².